The van der Waals surface area contributed by atoms with Gasteiger partial charge in [-0.25, -0.2) is 0 Å². The third-order valence-corrected chi connectivity index (χ3v) is 4.10. The van der Waals surface area contributed by atoms with E-state index in [9.17, 15) is 4.79 Å². The first kappa shape index (κ1) is 21.2. The van der Waals surface area contributed by atoms with E-state index in [0.29, 0.717) is 13.0 Å². The summed E-state index contributed by atoms with van der Waals surface area (Å²) in [7, 11) is 0. The van der Waals surface area contributed by atoms with Crippen LogP contribution in [-0.2, 0) is 9.53 Å². The molecule has 2 nitrogen and oxygen atoms in total. The summed E-state index contributed by atoms with van der Waals surface area (Å²) in [6.45, 7) is 6.97. The Hall–Kier alpha value is -0.790. The van der Waals surface area contributed by atoms with Crippen molar-refractivity contribution in [3.05, 3.63) is 12.2 Å². The Morgan fingerprint density at radius 1 is 0.909 bits per heavy atom. The summed E-state index contributed by atoms with van der Waals surface area (Å²) in [6.07, 6.45) is 19.1. The van der Waals surface area contributed by atoms with Crippen molar-refractivity contribution in [1.29, 1.82) is 0 Å². The molecule has 0 radical (unpaired) electrons. The van der Waals surface area contributed by atoms with Crippen LogP contribution >= 0.6 is 0 Å². The van der Waals surface area contributed by atoms with Gasteiger partial charge in [-0.1, -0.05) is 64.5 Å². The van der Waals surface area contributed by atoms with Gasteiger partial charge in [0, 0.05) is 6.42 Å². The van der Waals surface area contributed by atoms with Crippen LogP contribution in [0, 0.1) is 5.92 Å². The van der Waals surface area contributed by atoms with E-state index in [0.717, 1.165) is 18.8 Å². The van der Waals surface area contributed by atoms with Gasteiger partial charge in [-0.05, 0) is 44.9 Å². The van der Waals surface area contributed by atoms with Crippen LogP contribution in [0.2, 0.25) is 0 Å². The number of carbonyl (C=O) groups is 1. The fraction of sp³-hybridized carbons (Fsp3) is 0.850. The van der Waals surface area contributed by atoms with Crippen molar-refractivity contribution in [2.75, 3.05) is 6.61 Å². The molecule has 130 valence electrons. The minimum absolute atomic E-state index is 0.0420. The topological polar surface area (TPSA) is 26.3 Å². The van der Waals surface area contributed by atoms with E-state index in [1.54, 1.807) is 0 Å². The molecule has 0 aliphatic rings. The van der Waals surface area contributed by atoms with Gasteiger partial charge in [0.05, 0.1) is 6.61 Å². The van der Waals surface area contributed by atoms with Crippen LogP contribution in [0.4, 0.5) is 0 Å². The molecule has 0 aromatic rings. The summed E-state index contributed by atoms with van der Waals surface area (Å²) in [6, 6.07) is 0. The van der Waals surface area contributed by atoms with E-state index in [4.69, 9.17) is 4.74 Å². The van der Waals surface area contributed by atoms with Crippen LogP contribution in [0.25, 0.3) is 0 Å². The molecule has 0 unspecified atom stereocenters. The molecule has 0 aromatic carbocycles. The van der Waals surface area contributed by atoms with Crippen molar-refractivity contribution in [3.8, 4) is 0 Å². The zero-order valence-corrected chi connectivity index (χ0v) is 15.2. The SMILES string of the molecule is CCCCCC/C=C\CC[C@@H](C)CCCCCC(=O)OCC. The number of carbonyl (C=O) groups excluding carboxylic acids is 1. The van der Waals surface area contributed by atoms with Gasteiger partial charge in [-0.2, -0.15) is 0 Å². The molecule has 0 aliphatic carbocycles. The lowest BCUT2D eigenvalue weighted by molar-refractivity contribution is -0.143. The minimum atomic E-state index is -0.0420. The third-order valence-electron chi connectivity index (χ3n) is 4.10. The van der Waals surface area contributed by atoms with Crippen molar-refractivity contribution in [2.24, 2.45) is 5.92 Å². The Labute approximate surface area is 138 Å². The Morgan fingerprint density at radius 2 is 1.64 bits per heavy atom. The minimum Gasteiger partial charge on any atom is -0.466 e. The van der Waals surface area contributed by atoms with Crippen molar-refractivity contribution in [2.45, 2.75) is 97.8 Å². The first-order valence-electron chi connectivity index (χ1n) is 9.51. The first-order chi connectivity index (χ1) is 10.7. The predicted octanol–water partition coefficient (Wildman–Crippen LogP) is 6.44. The number of ether oxygens (including phenoxy) is 1. The number of hydrogen-bond donors (Lipinski definition) is 0. The average Bonchev–Trinajstić information content (AvgIpc) is 2.50. The molecular formula is C20H38O2. The Bertz CT molecular complexity index is 271. The predicted molar refractivity (Wildman–Crippen MR) is 96.0 cm³/mol. The second-order valence-electron chi connectivity index (χ2n) is 6.41. The highest BCUT2D eigenvalue weighted by molar-refractivity contribution is 5.69. The van der Waals surface area contributed by atoms with Crippen LogP contribution in [-0.4, -0.2) is 12.6 Å². The average molecular weight is 311 g/mol. The number of unbranched alkanes of at least 4 members (excludes halogenated alkanes) is 6. The molecule has 0 rings (SSSR count). The lowest BCUT2D eigenvalue weighted by Crippen LogP contribution is -2.03. The molecule has 0 heterocycles. The first-order valence-corrected chi connectivity index (χ1v) is 9.51. The lowest BCUT2D eigenvalue weighted by Gasteiger charge is -2.09. The molecule has 22 heavy (non-hydrogen) atoms. The zero-order chi connectivity index (χ0) is 16.5. The molecule has 0 aliphatic heterocycles. The Kier molecular flexibility index (Phi) is 16.0. The molecule has 0 spiro atoms. The maximum atomic E-state index is 11.2. The van der Waals surface area contributed by atoms with Gasteiger partial charge in [0.25, 0.3) is 0 Å². The smallest absolute Gasteiger partial charge is 0.305 e. The van der Waals surface area contributed by atoms with E-state index in [2.05, 4.69) is 26.0 Å². The number of allylic oxidation sites excluding steroid dienone is 2. The largest absolute Gasteiger partial charge is 0.466 e. The van der Waals surface area contributed by atoms with Crippen LogP contribution < -0.4 is 0 Å². The van der Waals surface area contributed by atoms with E-state index in [1.165, 1.54) is 57.8 Å². The standard InChI is InChI=1S/C20H38O2/c1-4-6-7-8-9-10-11-13-16-19(3)17-14-12-15-18-20(21)22-5-2/h10-11,19H,4-9,12-18H2,1-3H3/b11-10-/t19-/m1/s1. The molecule has 0 amide bonds. The molecular weight excluding hydrogens is 272 g/mol. The monoisotopic (exact) mass is 310 g/mol. The van der Waals surface area contributed by atoms with Gasteiger partial charge < -0.3 is 4.74 Å². The molecule has 0 aromatic heterocycles. The summed E-state index contributed by atoms with van der Waals surface area (Å²) in [4.78, 5) is 11.2. The molecule has 1 atom stereocenters. The van der Waals surface area contributed by atoms with Crippen LogP contribution in [0.5, 0.6) is 0 Å². The molecule has 0 bridgehead atoms. The van der Waals surface area contributed by atoms with Crippen molar-refractivity contribution >= 4 is 5.97 Å². The van der Waals surface area contributed by atoms with Gasteiger partial charge >= 0.3 is 5.97 Å². The number of esters is 1. The van der Waals surface area contributed by atoms with Gasteiger partial charge in [0.1, 0.15) is 0 Å². The Balaban J connectivity index is 3.33. The second kappa shape index (κ2) is 16.6. The Morgan fingerprint density at radius 3 is 2.36 bits per heavy atom. The summed E-state index contributed by atoms with van der Waals surface area (Å²) < 4.78 is 4.93. The van der Waals surface area contributed by atoms with E-state index in [-0.39, 0.29) is 5.97 Å². The second-order valence-corrected chi connectivity index (χ2v) is 6.41. The number of rotatable bonds is 15. The lowest BCUT2D eigenvalue weighted by atomic mass is 9.97. The number of hydrogen-bond acceptors (Lipinski definition) is 2. The fourth-order valence-corrected chi connectivity index (χ4v) is 2.62. The summed E-state index contributed by atoms with van der Waals surface area (Å²) in [5.74, 6) is 0.756. The highest BCUT2D eigenvalue weighted by Gasteiger charge is 2.03. The van der Waals surface area contributed by atoms with E-state index in [1.807, 2.05) is 6.92 Å². The molecule has 0 saturated carbocycles. The molecule has 2 heteroatoms. The van der Waals surface area contributed by atoms with Gasteiger partial charge in [0.2, 0.25) is 0 Å². The maximum absolute atomic E-state index is 11.2. The highest BCUT2D eigenvalue weighted by atomic mass is 16.5. The van der Waals surface area contributed by atoms with E-state index < -0.39 is 0 Å². The van der Waals surface area contributed by atoms with Gasteiger partial charge in [-0.15, -0.1) is 0 Å². The van der Waals surface area contributed by atoms with Crippen molar-refractivity contribution < 1.29 is 9.53 Å². The normalized spacial score (nSPS) is 12.7. The zero-order valence-electron chi connectivity index (χ0n) is 15.2. The van der Waals surface area contributed by atoms with Crippen molar-refractivity contribution in [1.82, 2.24) is 0 Å². The molecule has 0 saturated heterocycles. The maximum Gasteiger partial charge on any atom is 0.305 e. The summed E-state index contributed by atoms with van der Waals surface area (Å²) in [5, 5.41) is 0. The van der Waals surface area contributed by atoms with Gasteiger partial charge in [-0.3, -0.25) is 4.79 Å². The summed E-state index contributed by atoms with van der Waals surface area (Å²) >= 11 is 0. The van der Waals surface area contributed by atoms with Crippen molar-refractivity contribution in [3.63, 3.8) is 0 Å². The quantitative estimate of drug-likeness (QED) is 0.197. The van der Waals surface area contributed by atoms with Crippen LogP contribution in [0.1, 0.15) is 97.8 Å². The third kappa shape index (κ3) is 15.6. The molecule has 0 fully saturated rings. The summed E-state index contributed by atoms with van der Waals surface area (Å²) in [5.41, 5.74) is 0. The van der Waals surface area contributed by atoms with Crippen LogP contribution in [0.3, 0.4) is 0 Å². The fourth-order valence-electron chi connectivity index (χ4n) is 2.62. The van der Waals surface area contributed by atoms with E-state index >= 15 is 0 Å². The molecule has 0 N–H and O–H groups in total. The van der Waals surface area contributed by atoms with Gasteiger partial charge in [0.15, 0.2) is 0 Å². The van der Waals surface area contributed by atoms with Crippen LogP contribution in [0.15, 0.2) is 12.2 Å². The highest BCUT2D eigenvalue weighted by Crippen LogP contribution is 2.16.